The summed E-state index contributed by atoms with van der Waals surface area (Å²) in [6.45, 7) is 0. The van der Waals surface area contributed by atoms with Gasteiger partial charge in [-0.1, -0.05) is 5.16 Å². The number of nitrogens with zero attached hydrogens (tertiary/aromatic N) is 3. The van der Waals surface area contributed by atoms with Crippen LogP contribution in [-0.2, 0) is 9.57 Å². The van der Waals surface area contributed by atoms with Gasteiger partial charge >= 0.3 is 6.09 Å². The Hall–Kier alpha value is -2.68. The van der Waals surface area contributed by atoms with E-state index in [1.165, 1.54) is 19.2 Å². The second kappa shape index (κ2) is 4.92. The fraction of sp³-hybridized carbons (Fsp3) is 0.500. The van der Waals surface area contributed by atoms with Crippen LogP contribution in [0.5, 0.6) is 0 Å². The average Bonchev–Trinajstić information content (AvgIpc) is 3.23. The third kappa shape index (κ3) is 1.81. The van der Waals surface area contributed by atoms with Crippen LogP contribution in [0.2, 0.25) is 0 Å². The molecule has 1 aromatic carbocycles. The van der Waals surface area contributed by atoms with E-state index in [2.05, 4.69) is 10.6 Å². The highest BCUT2D eigenvalue weighted by molar-refractivity contribution is 6.04. The summed E-state index contributed by atoms with van der Waals surface area (Å²) in [6, 6.07) is 6.69. The molecule has 6 atom stereocenters. The first-order chi connectivity index (χ1) is 12.1. The van der Waals surface area contributed by atoms with Crippen molar-refractivity contribution >= 4 is 17.5 Å². The number of ether oxygens (including phenoxy) is 1. The van der Waals surface area contributed by atoms with Gasteiger partial charge in [0.1, 0.15) is 6.10 Å². The van der Waals surface area contributed by atoms with Crippen LogP contribution >= 0.6 is 0 Å². The number of hydrogen-bond donors (Lipinski definition) is 1. The lowest BCUT2D eigenvalue weighted by Crippen LogP contribution is -2.75. The van der Waals surface area contributed by atoms with E-state index in [0.29, 0.717) is 5.92 Å². The van der Waals surface area contributed by atoms with Gasteiger partial charge in [-0.2, -0.15) is 0 Å². The van der Waals surface area contributed by atoms with Crippen molar-refractivity contribution in [1.82, 2.24) is 10.4 Å². The predicted octanol–water partition coefficient (Wildman–Crippen LogP) is 1.29. The number of carbonyl (C=O) groups is 1. The first-order valence-corrected chi connectivity index (χ1v) is 8.22. The molecule has 2 unspecified atom stereocenters. The summed E-state index contributed by atoms with van der Waals surface area (Å²) in [5, 5.41) is 16.7. The number of amides is 1. The Morgan fingerprint density at radius 2 is 2.16 bits per heavy atom. The molecule has 2 aliphatic heterocycles. The number of hydrogen-bond acceptors (Lipinski definition) is 7. The lowest BCUT2D eigenvalue weighted by atomic mass is 9.74. The minimum atomic E-state index is -0.421. The highest BCUT2D eigenvalue weighted by Gasteiger charge is 2.69. The summed E-state index contributed by atoms with van der Waals surface area (Å²) in [5.74, 6) is 0.652. The Balaban J connectivity index is 1.42. The Labute approximate surface area is 142 Å². The molecule has 2 saturated carbocycles. The van der Waals surface area contributed by atoms with Crippen molar-refractivity contribution < 1.29 is 19.3 Å². The smallest absolute Gasteiger partial charge is 0.424 e. The van der Waals surface area contributed by atoms with Crippen LogP contribution < -0.4 is 5.43 Å². The number of hydrazine groups is 1. The van der Waals surface area contributed by atoms with Crippen LogP contribution in [0.4, 0.5) is 10.5 Å². The van der Waals surface area contributed by atoms with Crippen LogP contribution in [0.3, 0.4) is 0 Å². The van der Waals surface area contributed by atoms with E-state index in [4.69, 9.17) is 9.57 Å². The Bertz CT molecular complexity index is 794. The molecule has 1 amide bonds. The van der Waals surface area contributed by atoms with Gasteiger partial charge in [0.05, 0.1) is 35.7 Å². The van der Waals surface area contributed by atoms with E-state index in [1.54, 1.807) is 17.1 Å². The molecule has 2 aliphatic carbocycles. The first-order valence-electron chi connectivity index (χ1n) is 8.22. The molecule has 9 nitrogen and oxygen atoms in total. The highest BCUT2D eigenvalue weighted by Crippen LogP contribution is 2.57. The number of rotatable bonds is 2. The summed E-state index contributed by atoms with van der Waals surface area (Å²) < 4.78 is 4.83. The van der Waals surface area contributed by atoms with Crippen molar-refractivity contribution in [3.63, 3.8) is 0 Å². The molecule has 0 aromatic heterocycles. The quantitative estimate of drug-likeness (QED) is 0.640. The number of fused-ring (bicyclic) bond motifs is 8. The second-order valence-corrected chi connectivity index (χ2v) is 6.93. The molecule has 2 bridgehead atoms. The van der Waals surface area contributed by atoms with Crippen molar-refractivity contribution in [1.29, 1.82) is 0 Å². The van der Waals surface area contributed by atoms with E-state index < -0.39 is 4.92 Å². The maximum Gasteiger partial charge on any atom is 0.424 e. The van der Waals surface area contributed by atoms with Gasteiger partial charge in [0.2, 0.25) is 0 Å². The van der Waals surface area contributed by atoms with Gasteiger partial charge in [-0.3, -0.25) is 10.1 Å². The number of non-ortho nitro benzene ring substituents is 1. The van der Waals surface area contributed by atoms with E-state index >= 15 is 0 Å². The van der Waals surface area contributed by atoms with Crippen LogP contribution in [-0.4, -0.2) is 47.0 Å². The molecule has 130 valence electrons. The minimum Gasteiger partial charge on any atom is -0.452 e. The van der Waals surface area contributed by atoms with Crippen molar-refractivity contribution in [2.75, 3.05) is 7.11 Å². The summed E-state index contributed by atoms with van der Waals surface area (Å²) in [6.07, 6.45) is 0.596. The van der Waals surface area contributed by atoms with Crippen LogP contribution in [0.1, 0.15) is 12.0 Å². The molecule has 0 spiro atoms. The number of benzene rings is 1. The Morgan fingerprint density at radius 3 is 2.84 bits per heavy atom. The number of nitro groups is 1. The summed E-state index contributed by atoms with van der Waals surface area (Å²) in [4.78, 5) is 28.0. The summed E-state index contributed by atoms with van der Waals surface area (Å²) in [5.41, 5.74) is 4.87. The van der Waals surface area contributed by atoms with Crippen molar-refractivity contribution in [2.24, 2.45) is 22.9 Å². The lowest BCUT2D eigenvalue weighted by molar-refractivity contribution is -0.384. The van der Waals surface area contributed by atoms with Gasteiger partial charge in [0, 0.05) is 23.6 Å². The molecule has 3 fully saturated rings. The Kier molecular flexibility index (Phi) is 2.88. The van der Waals surface area contributed by atoms with Gasteiger partial charge in [-0.25, -0.2) is 15.2 Å². The third-order valence-corrected chi connectivity index (χ3v) is 5.97. The maximum absolute atomic E-state index is 11.9. The monoisotopic (exact) mass is 344 g/mol. The molecule has 5 rings (SSSR count). The van der Waals surface area contributed by atoms with Crippen molar-refractivity contribution in [3.05, 3.63) is 39.9 Å². The average molecular weight is 344 g/mol. The summed E-state index contributed by atoms with van der Waals surface area (Å²) in [7, 11) is 1.37. The maximum atomic E-state index is 11.9. The highest BCUT2D eigenvalue weighted by atomic mass is 16.6. The molecule has 25 heavy (non-hydrogen) atoms. The molecule has 1 aromatic rings. The number of nitrogens with one attached hydrogen (secondary N) is 1. The van der Waals surface area contributed by atoms with Crippen LogP contribution in [0.25, 0.3) is 0 Å². The number of carbonyl (C=O) groups excluding carboxylic acids is 1. The Morgan fingerprint density at radius 1 is 1.40 bits per heavy atom. The minimum absolute atomic E-state index is 0.00346. The van der Waals surface area contributed by atoms with Gasteiger partial charge in [-0.05, 0) is 24.5 Å². The van der Waals surface area contributed by atoms with E-state index in [0.717, 1.165) is 17.7 Å². The predicted molar refractivity (Wildman–Crippen MR) is 84.5 cm³/mol. The van der Waals surface area contributed by atoms with Crippen LogP contribution in [0.15, 0.2) is 29.4 Å². The molecule has 9 heteroatoms. The molecular formula is C16H16N4O5. The van der Waals surface area contributed by atoms with E-state index in [9.17, 15) is 14.9 Å². The fourth-order valence-electron chi connectivity index (χ4n) is 4.97. The number of nitro benzene ring substituents is 1. The second-order valence-electron chi connectivity index (χ2n) is 6.93. The van der Waals surface area contributed by atoms with E-state index in [-0.39, 0.29) is 41.8 Å². The summed E-state index contributed by atoms with van der Waals surface area (Å²) >= 11 is 0. The normalized spacial score (nSPS) is 36.8. The van der Waals surface area contributed by atoms with Gasteiger partial charge in [0.25, 0.3) is 5.69 Å². The third-order valence-electron chi connectivity index (χ3n) is 5.97. The largest absolute Gasteiger partial charge is 0.452 e. The molecule has 1 saturated heterocycles. The van der Waals surface area contributed by atoms with Gasteiger partial charge < -0.3 is 9.57 Å². The standard InChI is InChI=1S/C16H16N4O5/c1-24-16(21)19-14-9-6-10(13(14)17-19)15-11(9)12(18-25-15)7-2-4-8(5-3-7)20(22)23/h2-5,9-11,13-15,17H,6H2,1H3/t9-,10-,11?,13+,14-,15?/m0/s1. The SMILES string of the molecule is COC(=O)N1N[C@H]2[C@@H]1[C@H]1C[C@@H]2C2ON=C(c3ccc([N+](=O)[O-])cc3)C21. The van der Waals surface area contributed by atoms with Gasteiger partial charge in [0.15, 0.2) is 0 Å². The molecule has 0 radical (unpaired) electrons. The zero-order chi connectivity index (χ0) is 17.3. The zero-order valence-electron chi connectivity index (χ0n) is 13.4. The molecule has 1 N–H and O–H groups in total. The fourth-order valence-corrected chi connectivity index (χ4v) is 4.97. The lowest BCUT2D eigenvalue weighted by Gasteiger charge is -2.52. The number of oxime groups is 1. The first kappa shape index (κ1) is 14.6. The molecular weight excluding hydrogens is 328 g/mol. The zero-order valence-corrected chi connectivity index (χ0v) is 13.4. The van der Waals surface area contributed by atoms with Crippen molar-refractivity contribution in [3.8, 4) is 0 Å². The molecule has 4 aliphatic rings. The van der Waals surface area contributed by atoms with Crippen molar-refractivity contribution in [2.45, 2.75) is 24.6 Å². The topological polar surface area (TPSA) is 106 Å². The number of methoxy groups -OCH3 is 1. The van der Waals surface area contributed by atoms with E-state index in [1.807, 2.05) is 0 Å². The van der Waals surface area contributed by atoms with Crippen LogP contribution in [0, 0.1) is 27.9 Å². The van der Waals surface area contributed by atoms with Gasteiger partial charge in [-0.15, -0.1) is 0 Å². The molecule has 2 heterocycles.